The van der Waals surface area contributed by atoms with Gasteiger partial charge in [-0.25, -0.2) is 4.68 Å². The third-order valence-corrected chi connectivity index (χ3v) is 2.91. The van der Waals surface area contributed by atoms with Crippen LogP contribution < -0.4 is 11.1 Å². The molecular formula is C14H20N4. The second-order valence-corrected chi connectivity index (χ2v) is 4.32. The Hall–Kier alpha value is -1.81. The van der Waals surface area contributed by atoms with Crippen LogP contribution in [-0.4, -0.2) is 22.9 Å². The number of nitrogens with one attached hydrogen (secondary N) is 1. The Bertz CT molecular complexity index is 516. The highest BCUT2D eigenvalue weighted by Crippen LogP contribution is 2.20. The standard InChI is InChI=1S/C14H20N4/c1-3-14-13(16-8-7-15)10-17-18(14)12-6-4-5-11(2)9-12/h4-6,9-10,16H,3,7-8,15H2,1-2H3. The van der Waals surface area contributed by atoms with Gasteiger partial charge in [0.1, 0.15) is 0 Å². The summed E-state index contributed by atoms with van der Waals surface area (Å²) < 4.78 is 1.99. The van der Waals surface area contributed by atoms with Crippen LogP contribution in [0.3, 0.4) is 0 Å². The van der Waals surface area contributed by atoms with Crippen molar-refractivity contribution >= 4 is 5.69 Å². The highest BCUT2D eigenvalue weighted by molar-refractivity contribution is 5.50. The molecule has 1 aromatic heterocycles. The van der Waals surface area contributed by atoms with E-state index in [1.165, 1.54) is 11.3 Å². The lowest BCUT2D eigenvalue weighted by Gasteiger charge is -2.09. The monoisotopic (exact) mass is 244 g/mol. The van der Waals surface area contributed by atoms with E-state index in [-0.39, 0.29) is 0 Å². The quantitative estimate of drug-likeness (QED) is 0.847. The van der Waals surface area contributed by atoms with E-state index in [0.717, 1.165) is 24.3 Å². The second kappa shape index (κ2) is 5.69. The van der Waals surface area contributed by atoms with Crippen molar-refractivity contribution in [2.45, 2.75) is 20.3 Å². The molecule has 2 aromatic rings. The summed E-state index contributed by atoms with van der Waals surface area (Å²) in [5.74, 6) is 0. The molecule has 18 heavy (non-hydrogen) atoms. The van der Waals surface area contributed by atoms with Gasteiger partial charge in [-0.1, -0.05) is 19.1 Å². The van der Waals surface area contributed by atoms with E-state index in [2.05, 4.69) is 48.5 Å². The van der Waals surface area contributed by atoms with Crippen LogP contribution in [0, 0.1) is 6.92 Å². The van der Waals surface area contributed by atoms with Gasteiger partial charge in [-0.2, -0.15) is 5.10 Å². The Labute approximate surface area is 108 Å². The van der Waals surface area contributed by atoms with E-state index >= 15 is 0 Å². The van der Waals surface area contributed by atoms with Crippen molar-refractivity contribution in [3.05, 3.63) is 41.7 Å². The number of rotatable bonds is 5. The smallest absolute Gasteiger partial charge is 0.0764 e. The van der Waals surface area contributed by atoms with Crippen molar-refractivity contribution < 1.29 is 0 Å². The van der Waals surface area contributed by atoms with E-state index in [1.54, 1.807) is 0 Å². The third-order valence-electron chi connectivity index (χ3n) is 2.91. The average molecular weight is 244 g/mol. The Morgan fingerprint density at radius 3 is 2.89 bits per heavy atom. The van der Waals surface area contributed by atoms with Crippen LogP contribution >= 0.6 is 0 Å². The molecular weight excluding hydrogens is 224 g/mol. The molecule has 0 fully saturated rings. The van der Waals surface area contributed by atoms with Gasteiger partial charge in [0.05, 0.1) is 23.3 Å². The van der Waals surface area contributed by atoms with Crippen LogP contribution in [0.4, 0.5) is 5.69 Å². The lowest BCUT2D eigenvalue weighted by molar-refractivity contribution is 0.813. The molecule has 0 aliphatic heterocycles. The topological polar surface area (TPSA) is 55.9 Å². The molecule has 1 heterocycles. The number of hydrogen-bond acceptors (Lipinski definition) is 3. The highest BCUT2D eigenvalue weighted by atomic mass is 15.3. The van der Waals surface area contributed by atoms with Crippen LogP contribution in [0.25, 0.3) is 5.69 Å². The van der Waals surface area contributed by atoms with Crippen LogP contribution in [0.5, 0.6) is 0 Å². The molecule has 3 N–H and O–H groups in total. The molecule has 4 nitrogen and oxygen atoms in total. The minimum atomic E-state index is 0.624. The first-order valence-electron chi connectivity index (χ1n) is 6.34. The zero-order valence-corrected chi connectivity index (χ0v) is 11.0. The first kappa shape index (κ1) is 12.6. The number of aromatic nitrogens is 2. The molecule has 0 radical (unpaired) electrons. The number of benzene rings is 1. The molecule has 0 atom stereocenters. The molecule has 0 bridgehead atoms. The second-order valence-electron chi connectivity index (χ2n) is 4.32. The molecule has 0 saturated heterocycles. The fourth-order valence-electron chi connectivity index (χ4n) is 2.05. The van der Waals surface area contributed by atoms with Crippen molar-refractivity contribution in [3.63, 3.8) is 0 Å². The summed E-state index contributed by atoms with van der Waals surface area (Å²) in [7, 11) is 0. The summed E-state index contributed by atoms with van der Waals surface area (Å²) in [4.78, 5) is 0. The number of anilines is 1. The molecule has 0 unspecified atom stereocenters. The molecule has 0 aliphatic rings. The van der Waals surface area contributed by atoms with E-state index in [4.69, 9.17) is 5.73 Å². The Kier molecular flexibility index (Phi) is 3.99. The lowest BCUT2D eigenvalue weighted by Crippen LogP contribution is -2.14. The van der Waals surface area contributed by atoms with Gasteiger partial charge < -0.3 is 11.1 Å². The maximum Gasteiger partial charge on any atom is 0.0764 e. The molecule has 96 valence electrons. The molecule has 0 spiro atoms. The normalized spacial score (nSPS) is 10.6. The van der Waals surface area contributed by atoms with Crippen molar-refractivity contribution in [1.29, 1.82) is 0 Å². The fourth-order valence-corrected chi connectivity index (χ4v) is 2.05. The van der Waals surface area contributed by atoms with Crippen LogP contribution in [0.2, 0.25) is 0 Å². The average Bonchev–Trinajstić information content (AvgIpc) is 2.79. The lowest BCUT2D eigenvalue weighted by atomic mass is 10.2. The molecule has 0 saturated carbocycles. The SMILES string of the molecule is CCc1c(NCCN)cnn1-c1cccc(C)c1. The third kappa shape index (κ3) is 2.54. The van der Waals surface area contributed by atoms with Crippen LogP contribution in [-0.2, 0) is 6.42 Å². The summed E-state index contributed by atoms with van der Waals surface area (Å²) in [6.45, 7) is 5.62. The first-order valence-corrected chi connectivity index (χ1v) is 6.34. The van der Waals surface area contributed by atoms with Gasteiger partial charge in [-0.3, -0.25) is 0 Å². The molecule has 0 aliphatic carbocycles. The fraction of sp³-hybridized carbons (Fsp3) is 0.357. The van der Waals surface area contributed by atoms with Gasteiger partial charge in [0, 0.05) is 13.1 Å². The minimum Gasteiger partial charge on any atom is -0.381 e. The number of aryl methyl sites for hydroxylation is 1. The Morgan fingerprint density at radius 1 is 1.39 bits per heavy atom. The number of hydrogen-bond donors (Lipinski definition) is 2. The zero-order valence-electron chi connectivity index (χ0n) is 11.0. The largest absolute Gasteiger partial charge is 0.381 e. The van der Waals surface area contributed by atoms with Gasteiger partial charge in [0.15, 0.2) is 0 Å². The van der Waals surface area contributed by atoms with Crippen LogP contribution in [0.15, 0.2) is 30.5 Å². The molecule has 4 heteroatoms. The maximum absolute atomic E-state index is 5.52. The van der Waals surface area contributed by atoms with Crippen molar-refractivity contribution in [2.24, 2.45) is 5.73 Å². The van der Waals surface area contributed by atoms with E-state index < -0.39 is 0 Å². The van der Waals surface area contributed by atoms with Crippen molar-refractivity contribution in [1.82, 2.24) is 9.78 Å². The molecule has 1 aromatic carbocycles. The minimum absolute atomic E-state index is 0.624. The van der Waals surface area contributed by atoms with Gasteiger partial charge in [0.2, 0.25) is 0 Å². The van der Waals surface area contributed by atoms with Gasteiger partial charge in [-0.05, 0) is 31.0 Å². The summed E-state index contributed by atoms with van der Waals surface area (Å²) in [5, 5.41) is 7.77. The Balaban J connectivity index is 2.36. The first-order chi connectivity index (χ1) is 8.76. The van der Waals surface area contributed by atoms with Gasteiger partial charge in [0.25, 0.3) is 0 Å². The van der Waals surface area contributed by atoms with E-state index in [0.29, 0.717) is 6.54 Å². The number of nitrogens with zero attached hydrogens (tertiary/aromatic N) is 2. The molecule has 2 rings (SSSR count). The summed E-state index contributed by atoms with van der Waals surface area (Å²) in [6.07, 6.45) is 2.80. The van der Waals surface area contributed by atoms with Gasteiger partial charge >= 0.3 is 0 Å². The van der Waals surface area contributed by atoms with Gasteiger partial charge in [-0.15, -0.1) is 0 Å². The maximum atomic E-state index is 5.52. The number of nitrogens with two attached hydrogens (primary N) is 1. The van der Waals surface area contributed by atoms with Crippen molar-refractivity contribution in [3.8, 4) is 5.69 Å². The van der Waals surface area contributed by atoms with E-state index in [1.807, 2.05) is 10.9 Å². The predicted molar refractivity (Wildman–Crippen MR) is 75.2 cm³/mol. The van der Waals surface area contributed by atoms with E-state index in [9.17, 15) is 0 Å². The Morgan fingerprint density at radius 2 is 2.22 bits per heavy atom. The van der Waals surface area contributed by atoms with Crippen molar-refractivity contribution in [2.75, 3.05) is 18.4 Å². The zero-order chi connectivity index (χ0) is 13.0. The summed E-state index contributed by atoms with van der Waals surface area (Å²) in [6, 6.07) is 8.36. The highest BCUT2D eigenvalue weighted by Gasteiger charge is 2.09. The summed E-state index contributed by atoms with van der Waals surface area (Å²) >= 11 is 0. The van der Waals surface area contributed by atoms with Crippen LogP contribution in [0.1, 0.15) is 18.2 Å². The summed E-state index contributed by atoms with van der Waals surface area (Å²) in [5.41, 5.74) is 10.1. The molecule has 0 amide bonds. The predicted octanol–water partition coefficient (Wildman–Crippen LogP) is 2.11.